The second kappa shape index (κ2) is 6.52. The molecule has 0 bridgehead atoms. The number of rotatable bonds is 5. The number of hydrogen-bond acceptors (Lipinski definition) is 4. The van der Waals surface area contributed by atoms with Gasteiger partial charge in [-0.1, -0.05) is 0 Å². The highest BCUT2D eigenvalue weighted by Gasteiger charge is 2.22. The van der Waals surface area contributed by atoms with E-state index in [2.05, 4.69) is 11.9 Å². The highest BCUT2D eigenvalue weighted by molar-refractivity contribution is 5.85. The molecule has 0 aromatic carbocycles. The van der Waals surface area contributed by atoms with Crippen LogP contribution in [0.25, 0.3) is 6.08 Å². The minimum atomic E-state index is -1.01. The second-order valence-corrected chi connectivity index (χ2v) is 4.96. The van der Waals surface area contributed by atoms with Gasteiger partial charge in [-0.3, -0.25) is 0 Å². The number of ether oxygens (including phenoxy) is 2. The lowest BCUT2D eigenvalue weighted by atomic mass is 10.2. The zero-order valence-electron chi connectivity index (χ0n) is 11.7. The van der Waals surface area contributed by atoms with Crippen LogP contribution in [0.3, 0.4) is 0 Å². The van der Waals surface area contributed by atoms with Crippen LogP contribution in [0, 0.1) is 6.92 Å². The van der Waals surface area contributed by atoms with Gasteiger partial charge in [-0.15, -0.1) is 0 Å². The lowest BCUT2D eigenvalue weighted by molar-refractivity contribution is -0.131. The van der Waals surface area contributed by atoms with Gasteiger partial charge >= 0.3 is 5.97 Å². The molecule has 0 saturated carbocycles. The number of carboxylic acid groups (broad SMARTS) is 1. The van der Waals surface area contributed by atoms with Gasteiger partial charge in [0.2, 0.25) is 0 Å². The Kier molecular flexibility index (Phi) is 4.74. The van der Waals surface area contributed by atoms with Crippen LogP contribution in [-0.4, -0.2) is 34.9 Å². The van der Waals surface area contributed by atoms with E-state index >= 15 is 0 Å². The first-order valence-electron chi connectivity index (χ1n) is 6.71. The van der Waals surface area contributed by atoms with Gasteiger partial charge < -0.3 is 14.6 Å². The molecule has 5 heteroatoms. The van der Waals surface area contributed by atoms with Crippen molar-refractivity contribution in [3.8, 4) is 5.75 Å². The van der Waals surface area contributed by atoms with Crippen molar-refractivity contribution < 1.29 is 19.4 Å². The number of aromatic nitrogens is 1. The van der Waals surface area contributed by atoms with Crippen LogP contribution in [0.5, 0.6) is 5.75 Å². The van der Waals surface area contributed by atoms with Gasteiger partial charge in [0, 0.05) is 11.8 Å². The van der Waals surface area contributed by atoms with E-state index in [1.165, 1.54) is 6.08 Å². The van der Waals surface area contributed by atoms with Crippen LogP contribution in [0.1, 0.15) is 31.2 Å². The van der Waals surface area contributed by atoms with Crippen molar-refractivity contribution in [2.75, 3.05) is 6.61 Å². The average Bonchev–Trinajstić information content (AvgIpc) is 2.81. The Morgan fingerprint density at radius 1 is 1.55 bits per heavy atom. The van der Waals surface area contributed by atoms with Crippen molar-refractivity contribution in [2.24, 2.45) is 0 Å². The quantitative estimate of drug-likeness (QED) is 0.837. The maximum absolute atomic E-state index is 10.6. The second-order valence-electron chi connectivity index (χ2n) is 4.96. The Bertz CT molecular complexity index is 513. The van der Waals surface area contributed by atoms with Crippen LogP contribution in [0.2, 0.25) is 0 Å². The summed E-state index contributed by atoms with van der Waals surface area (Å²) in [6.07, 6.45) is 4.92. The van der Waals surface area contributed by atoms with Gasteiger partial charge in [0.25, 0.3) is 0 Å². The van der Waals surface area contributed by atoms with E-state index in [-0.39, 0.29) is 12.2 Å². The molecule has 1 aromatic heterocycles. The van der Waals surface area contributed by atoms with Gasteiger partial charge in [0.05, 0.1) is 12.2 Å². The minimum absolute atomic E-state index is 0.0996. The molecule has 2 heterocycles. The Labute approximate surface area is 118 Å². The van der Waals surface area contributed by atoms with E-state index in [1.54, 1.807) is 0 Å². The Balaban J connectivity index is 2.04. The first-order valence-corrected chi connectivity index (χ1v) is 6.71. The fraction of sp³-hybridized carbons (Fsp3) is 0.467. The summed E-state index contributed by atoms with van der Waals surface area (Å²) in [6, 6.07) is 3.65. The fourth-order valence-electron chi connectivity index (χ4n) is 2.15. The summed E-state index contributed by atoms with van der Waals surface area (Å²) in [5, 5.41) is 8.69. The van der Waals surface area contributed by atoms with Crippen LogP contribution >= 0.6 is 0 Å². The van der Waals surface area contributed by atoms with Gasteiger partial charge in [0.15, 0.2) is 0 Å². The average molecular weight is 277 g/mol. The normalized spacial score (nSPS) is 22.3. The van der Waals surface area contributed by atoms with E-state index in [0.717, 1.165) is 24.6 Å². The van der Waals surface area contributed by atoms with Crippen molar-refractivity contribution in [1.29, 1.82) is 0 Å². The number of nitrogens with zero attached hydrogens (tertiary/aromatic N) is 1. The van der Waals surface area contributed by atoms with Crippen molar-refractivity contribution in [3.05, 3.63) is 29.6 Å². The largest absolute Gasteiger partial charge is 0.489 e. The molecule has 2 atom stereocenters. The van der Waals surface area contributed by atoms with E-state index in [1.807, 2.05) is 19.1 Å². The number of carboxylic acids is 1. The summed E-state index contributed by atoms with van der Waals surface area (Å²) < 4.78 is 11.4. The number of pyridine rings is 1. The number of carbonyl (C=O) groups is 1. The predicted molar refractivity (Wildman–Crippen MR) is 74.7 cm³/mol. The molecule has 0 amide bonds. The molecule has 108 valence electrons. The van der Waals surface area contributed by atoms with Crippen molar-refractivity contribution >= 4 is 12.0 Å². The molecule has 1 saturated heterocycles. The first kappa shape index (κ1) is 14.5. The lowest BCUT2D eigenvalue weighted by Gasteiger charge is -2.14. The lowest BCUT2D eigenvalue weighted by Crippen LogP contribution is -2.18. The molecular weight excluding hydrogens is 258 g/mol. The van der Waals surface area contributed by atoms with Crippen LogP contribution < -0.4 is 4.74 Å². The standard InChI is InChI=1S/C15H19NO4/c1-10-3-7-14(13(16-10)6-8-15(17)18)19-9-12-5-4-11(2)20-12/h3,6-8,11-12H,4-5,9H2,1-2H3,(H,17,18)/b8-6+. The van der Waals surface area contributed by atoms with Crippen molar-refractivity contribution in [2.45, 2.75) is 38.9 Å². The fourth-order valence-corrected chi connectivity index (χ4v) is 2.15. The summed E-state index contributed by atoms with van der Waals surface area (Å²) in [4.78, 5) is 14.9. The van der Waals surface area contributed by atoms with E-state index in [0.29, 0.717) is 18.1 Å². The molecule has 20 heavy (non-hydrogen) atoms. The minimum Gasteiger partial charge on any atom is -0.489 e. The smallest absolute Gasteiger partial charge is 0.328 e. The Hall–Kier alpha value is -1.88. The SMILES string of the molecule is Cc1ccc(OCC2CCC(C)O2)c(/C=C/C(=O)O)n1. The molecule has 1 N–H and O–H groups in total. The number of aliphatic carboxylic acids is 1. The summed E-state index contributed by atoms with van der Waals surface area (Å²) in [5.41, 5.74) is 1.34. The molecule has 0 spiro atoms. The molecule has 2 rings (SSSR count). The summed E-state index contributed by atoms with van der Waals surface area (Å²) in [6.45, 7) is 4.36. The maximum atomic E-state index is 10.6. The maximum Gasteiger partial charge on any atom is 0.328 e. The van der Waals surface area contributed by atoms with Crippen LogP contribution in [0.15, 0.2) is 18.2 Å². The van der Waals surface area contributed by atoms with E-state index in [9.17, 15) is 4.79 Å². The third kappa shape index (κ3) is 4.06. The number of aryl methyl sites for hydroxylation is 1. The van der Waals surface area contributed by atoms with Crippen LogP contribution in [-0.2, 0) is 9.53 Å². The molecule has 1 aliphatic heterocycles. The van der Waals surface area contributed by atoms with Crippen molar-refractivity contribution in [3.63, 3.8) is 0 Å². The molecular formula is C15H19NO4. The monoisotopic (exact) mass is 277 g/mol. The van der Waals surface area contributed by atoms with Crippen LogP contribution in [0.4, 0.5) is 0 Å². The third-order valence-electron chi connectivity index (χ3n) is 3.15. The zero-order valence-corrected chi connectivity index (χ0v) is 11.7. The topological polar surface area (TPSA) is 68.7 Å². The number of hydrogen-bond donors (Lipinski definition) is 1. The van der Waals surface area contributed by atoms with Crippen molar-refractivity contribution in [1.82, 2.24) is 4.98 Å². The zero-order chi connectivity index (χ0) is 14.5. The summed E-state index contributed by atoms with van der Waals surface area (Å²) in [5.74, 6) is -0.427. The molecule has 0 radical (unpaired) electrons. The van der Waals surface area contributed by atoms with E-state index < -0.39 is 5.97 Å². The molecule has 1 fully saturated rings. The van der Waals surface area contributed by atoms with Gasteiger partial charge in [-0.25, -0.2) is 9.78 Å². The summed E-state index contributed by atoms with van der Waals surface area (Å²) in [7, 11) is 0. The highest BCUT2D eigenvalue weighted by atomic mass is 16.5. The Morgan fingerprint density at radius 2 is 2.35 bits per heavy atom. The van der Waals surface area contributed by atoms with Gasteiger partial charge in [-0.2, -0.15) is 0 Å². The Morgan fingerprint density at radius 3 is 3.00 bits per heavy atom. The molecule has 2 unspecified atom stereocenters. The first-order chi connectivity index (χ1) is 9.54. The molecule has 1 aromatic rings. The predicted octanol–water partition coefficient (Wildman–Crippen LogP) is 2.43. The van der Waals surface area contributed by atoms with E-state index in [4.69, 9.17) is 14.6 Å². The van der Waals surface area contributed by atoms with Gasteiger partial charge in [-0.05, 0) is 44.9 Å². The molecule has 5 nitrogen and oxygen atoms in total. The van der Waals surface area contributed by atoms with Gasteiger partial charge in [0.1, 0.15) is 18.1 Å². The molecule has 1 aliphatic rings. The summed E-state index contributed by atoms with van der Waals surface area (Å²) >= 11 is 0. The molecule has 0 aliphatic carbocycles. The highest BCUT2D eigenvalue weighted by Crippen LogP contribution is 2.23. The third-order valence-corrected chi connectivity index (χ3v) is 3.15.